The molecule has 4 nitrogen and oxygen atoms in total. The largest absolute Gasteiger partial charge is 0.383 e. The average Bonchev–Trinajstić information content (AvgIpc) is 2.47. The van der Waals surface area contributed by atoms with Gasteiger partial charge in [0.15, 0.2) is 0 Å². The number of ether oxygens (including phenoxy) is 1. The van der Waals surface area contributed by atoms with Crippen molar-refractivity contribution >= 4 is 29.1 Å². The lowest BCUT2D eigenvalue weighted by molar-refractivity contribution is -0.123. The standard InChI is InChI=1S/C16H20N2O2.ClH/c1-20-11-15(17)16(19)18-9-8-12-6-7-13-4-2-3-5-14(13)10-12;/h2-7,10,15H,8-9,11,17H2,1H3,(H,18,19);1H. The number of nitrogens with one attached hydrogen (secondary N) is 1. The highest BCUT2D eigenvalue weighted by Crippen LogP contribution is 2.15. The first kappa shape index (κ1) is 17.4. The van der Waals surface area contributed by atoms with Gasteiger partial charge in [-0.15, -0.1) is 12.4 Å². The summed E-state index contributed by atoms with van der Waals surface area (Å²) >= 11 is 0. The molecule has 2 aromatic rings. The van der Waals surface area contributed by atoms with Crippen LogP contribution in [0.15, 0.2) is 42.5 Å². The van der Waals surface area contributed by atoms with E-state index in [1.54, 1.807) is 0 Å². The maximum atomic E-state index is 11.6. The van der Waals surface area contributed by atoms with Crippen LogP contribution < -0.4 is 11.1 Å². The highest BCUT2D eigenvalue weighted by Gasteiger charge is 2.11. The van der Waals surface area contributed by atoms with Crippen LogP contribution in [0.2, 0.25) is 0 Å². The molecule has 0 radical (unpaired) electrons. The van der Waals surface area contributed by atoms with Crippen LogP contribution in [0.1, 0.15) is 5.56 Å². The Balaban J connectivity index is 0.00000220. The Kier molecular flexibility index (Phi) is 7.15. The molecule has 0 aliphatic rings. The molecule has 0 spiro atoms. The maximum absolute atomic E-state index is 11.6. The third-order valence-electron chi connectivity index (χ3n) is 3.21. The molecular weight excluding hydrogens is 288 g/mol. The number of hydrogen-bond acceptors (Lipinski definition) is 3. The van der Waals surface area contributed by atoms with E-state index in [1.807, 2.05) is 12.1 Å². The lowest BCUT2D eigenvalue weighted by Crippen LogP contribution is -2.44. The normalized spacial score (nSPS) is 11.7. The minimum Gasteiger partial charge on any atom is -0.383 e. The summed E-state index contributed by atoms with van der Waals surface area (Å²) < 4.78 is 4.85. The Labute approximate surface area is 131 Å². The predicted octanol–water partition coefficient (Wildman–Crippen LogP) is 1.89. The van der Waals surface area contributed by atoms with Gasteiger partial charge in [0.25, 0.3) is 0 Å². The number of methoxy groups -OCH3 is 1. The molecule has 1 unspecified atom stereocenters. The Hall–Kier alpha value is -1.62. The summed E-state index contributed by atoms with van der Waals surface area (Å²) in [6, 6.07) is 14.0. The first-order chi connectivity index (χ1) is 9.70. The lowest BCUT2D eigenvalue weighted by atomic mass is 10.1. The van der Waals surface area contributed by atoms with E-state index in [1.165, 1.54) is 23.4 Å². The molecule has 0 aliphatic heterocycles. The average molecular weight is 309 g/mol. The van der Waals surface area contributed by atoms with Crippen molar-refractivity contribution in [2.45, 2.75) is 12.5 Å². The molecule has 1 amide bonds. The lowest BCUT2D eigenvalue weighted by Gasteiger charge is -2.11. The summed E-state index contributed by atoms with van der Waals surface area (Å²) in [6.45, 7) is 0.816. The highest BCUT2D eigenvalue weighted by atomic mass is 35.5. The first-order valence-electron chi connectivity index (χ1n) is 6.70. The van der Waals surface area contributed by atoms with Crippen molar-refractivity contribution in [3.8, 4) is 0 Å². The Morgan fingerprint density at radius 1 is 1.24 bits per heavy atom. The fourth-order valence-corrected chi connectivity index (χ4v) is 2.11. The number of rotatable bonds is 6. The van der Waals surface area contributed by atoms with E-state index in [0.717, 1.165) is 6.42 Å². The van der Waals surface area contributed by atoms with Gasteiger partial charge in [0.2, 0.25) is 5.91 Å². The fourth-order valence-electron chi connectivity index (χ4n) is 2.11. The van der Waals surface area contributed by atoms with Gasteiger partial charge in [-0.25, -0.2) is 0 Å². The van der Waals surface area contributed by atoms with E-state index in [-0.39, 0.29) is 24.9 Å². The van der Waals surface area contributed by atoms with Crippen molar-refractivity contribution in [1.29, 1.82) is 0 Å². The monoisotopic (exact) mass is 308 g/mol. The maximum Gasteiger partial charge on any atom is 0.239 e. The van der Waals surface area contributed by atoms with Crippen LogP contribution in [-0.2, 0) is 16.0 Å². The van der Waals surface area contributed by atoms with E-state index in [4.69, 9.17) is 10.5 Å². The van der Waals surface area contributed by atoms with Crippen molar-refractivity contribution in [2.24, 2.45) is 5.73 Å². The van der Waals surface area contributed by atoms with Crippen LogP contribution in [0.3, 0.4) is 0 Å². The molecule has 1 atom stereocenters. The third-order valence-corrected chi connectivity index (χ3v) is 3.21. The minimum absolute atomic E-state index is 0. The molecule has 2 rings (SSSR count). The molecule has 0 saturated carbocycles. The molecule has 0 fully saturated rings. The van der Waals surface area contributed by atoms with Gasteiger partial charge >= 0.3 is 0 Å². The van der Waals surface area contributed by atoms with E-state index in [0.29, 0.717) is 6.54 Å². The summed E-state index contributed by atoms with van der Waals surface area (Å²) in [5.41, 5.74) is 6.84. The van der Waals surface area contributed by atoms with Crippen LogP contribution in [0.25, 0.3) is 10.8 Å². The zero-order valence-corrected chi connectivity index (χ0v) is 12.9. The predicted molar refractivity (Wildman–Crippen MR) is 87.8 cm³/mol. The van der Waals surface area contributed by atoms with Gasteiger partial charge in [0.05, 0.1) is 6.61 Å². The number of hydrogen-bond donors (Lipinski definition) is 2. The first-order valence-corrected chi connectivity index (χ1v) is 6.70. The third kappa shape index (κ3) is 5.01. The van der Waals surface area contributed by atoms with E-state index < -0.39 is 6.04 Å². The molecular formula is C16H21ClN2O2. The number of benzene rings is 2. The number of nitrogens with two attached hydrogens (primary N) is 1. The van der Waals surface area contributed by atoms with Crippen molar-refractivity contribution in [3.63, 3.8) is 0 Å². The van der Waals surface area contributed by atoms with Gasteiger partial charge < -0.3 is 15.8 Å². The second kappa shape index (κ2) is 8.62. The van der Waals surface area contributed by atoms with Gasteiger partial charge in [0.1, 0.15) is 6.04 Å². The Morgan fingerprint density at radius 3 is 2.67 bits per heavy atom. The van der Waals surface area contributed by atoms with E-state index in [9.17, 15) is 4.79 Å². The van der Waals surface area contributed by atoms with Gasteiger partial charge in [-0.1, -0.05) is 42.5 Å². The summed E-state index contributed by atoms with van der Waals surface area (Å²) in [4.78, 5) is 11.6. The molecule has 0 saturated heterocycles. The van der Waals surface area contributed by atoms with Crippen molar-refractivity contribution in [1.82, 2.24) is 5.32 Å². The minimum atomic E-state index is -0.600. The number of fused-ring (bicyclic) bond motifs is 1. The molecule has 0 aliphatic carbocycles. The van der Waals surface area contributed by atoms with Crippen molar-refractivity contribution < 1.29 is 9.53 Å². The summed E-state index contributed by atoms with van der Waals surface area (Å²) in [6.07, 6.45) is 0.788. The molecule has 2 aromatic carbocycles. The fraction of sp³-hybridized carbons (Fsp3) is 0.312. The summed E-state index contributed by atoms with van der Waals surface area (Å²) in [7, 11) is 1.53. The Bertz CT molecular complexity index is 589. The SMILES string of the molecule is COCC(N)C(=O)NCCc1ccc2ccccc2c1.Cl. The molecule has 21 heavy (non-hydrogen) atoms. The van der Waals surface area contributed by atoms with E-state index >= 15 is 0 Å². The zero-order valence-electron chi connectivity index (χ0n) is 12.0. The number of carbonyl (C=O) groups is 1. The van der Waals surface area contributed by atoms with Crippen molar-refractivity contribution in [3.05, 3.63) is 48.0 Å². The van der Waals surface area contributed by atoms with E-state index in [2.05, 4.69) is 35.6 Å². The number of carbonyl (C=O) groups excluding carboxylic acids is 1. The van der Waals surface area contributed by atoms with Gasteiger partial charge in [-0.2, -0.15) is 0 Å². The van der Waals surface area contributed by atoms with Gasteiger partial charge in [-0.05, 0) is 22.8 Å². The van der Waals surface area contributed by atoms with Crippen LogP contribution >= 0.6 is 12.4 Å². The molecule has 0 aromatic heterocycles. The van der Waals surface area contributed by atoms with Crippen LogP contribution in [0.5, 0.6) is 0 Å². The van der Waals surface area contributed by atoms with Crippen LogP contribution in [0, 0.1) is 0 Å². The smallest absolute Gasteiger partial charge is 0.239 e. The summed E-state index contributed by atoms with van der Waals surface area (Å²) in [5, 5.41) is 5.26. The molecule has 3 N–H and O–H groups in total. The quantitative estimate of drug-likeness (QED) is 0.856. The second-order valence-electron chi connectivity index (χ2n) is 4.78. The zero-order chi connectivity index (χ0) is 14.4. The second-order valence-corrected chi connectivity index (χ2v) is 4.78. The molecule has 0 bridgehead atoms. The molecule has 114 valence electrons. The molecule has 5 heteroatoms. The summed E-state index contributed by atoms with van der Waals surface area (Å²) in [5.74, 6) is -0.173. The van der Waals surface area contributed by atoms with Crippen LogP contribution in [0.4, 0.5) is 0 Å². The van der Waals surface area contributed by atoms with Crippen molar-refractivity contribution in [2.75, 3.05) is 20.3 Å². The Morgan fingerprint density at radius 2 is 1.95 bits per heavy atom. The van der Waals surface area contributed by atoms with Gasteiger partial charge in [-0.3, -0.25) is 4.79 Å². The number of amides is 1. The highest BCUT2D eigenvalue weighted by molar-refractivity contribution is 5.85. The topological polar surface area (TPSA) is 64.3 Å². The number of halogens is 1. The van der Waals surface area contributed by atoms with Crippen LogP contribution in [-0.4, -0.2) is 32.2 Å². The van der Waals surface area contributed by atoms with Gasteiger partial charge in [0, 0.05) is 13.7 Å². The molecule has 0 heterocycles.